The lowest BCUT2D eigenvalue weighted by atomic mass is 10.1. The summed E-state index contributed by atoms with van der Waals surface area (Å²) < 4.78 is 6.41. The van der Waals surface area contributed by atoms with Gasteiger partial charge in [-0.2, -0.15) is 0 Å². The van der Waals surface area contributed by atoms with Crippen molar-refractivity contribution in [2.24, 2.45) is 0 Å². The number of hydrogen-bond donors (Lipinski definition) is 2. The van der Waals surface area contributed by atoms with Gasteiger partial charge in [-0.05, 0) is 36.4 Å². The molecule has 1 aromatic heterocycles. The Morgan fingerprint density at radius 2 is 1.90 bits per heavy atom. The predicted octanol–water partition coefficient (Wildman–Crippen LogP) is 2.74. The number of esters is 1. The van der Waals surface area contributed by atoms with Gasteiger partial charge < -0.3 is 20.1 Å². The van der Waals surface area contributed by atoms with E-state index in [1.54, 1.807) is 30.3 Å². The molecule has 2 N–H and O–H groups in total. The van der Waals surface area contributed by atoms with Gasteiger partial charge in [0.1, 0.15) is 5.70 Å². The van der Waals surface area contributed by atoms with E-state index in [4.69, 9.17) is 21.4 Å². The maximum absolute atomic E-state index is 13.0. The van der Waals surface area contributed by atoms with Gasteiger partial charge in [0.2, 0.25) is 0 Å². The molecule has 4 rings (SSSR count). The molecule has 3 aromatic rings. The summed E-state index contributed by atoms with van der Waals surface area (Å²) in [5.41, 5.74) is 0.580. The second-order valence-corrected chi connectivity index (χ2v) is 8.22. The van der Waals surface area contributed by atoms with Crippen molar-refractivity contribution in [1.82, 2.24) is 4.90 Å². The number of aliphatic hydroxyl groups is 1. The van der Waals surface area contributed by atoms with Crippen molar-refractivity contribution in [3.8, 4) is 0 Å². The number of rotatable bonds is 5. The molecular weight excluding hydrogens is 428 g/mol. The van der Waals surface area contributed by atoms with Gasteiger partial charge in [-0.15, -0.1) is 11.3 Å². The van der Waals surface area contributed by atoms with Gasteiger partial charge in [0.05, 0.1) is 25.8 Å². The third-order valence-electron chi connectivity index (χ3n) is 4.85. The van der Waals surface area contributed by atoms with E-state index < -0.39 is 11.9 Å². The highest BCUT2D eigenvalue weighted by Crippen LogP contribution is 2.29. The van der Waals surface area contributed by atoms with Crippen LogP contribution in [0.5, 0.6) is 0 Å². The number of fused-ring (bicyclic) bond motifs is 2. The molecule has 0 fully saturated rings. The minimum atomic E-state index is -0.626. The molecule has 1 amide bonds. The number of methoxy groups -OCH3 is 1. The molecule has 1 aliphatic heterocycles. The highest BCUT2D eigenvalue weighted by molar-refractivity contribution is 7.24. The number of hydrogen-bond acceptors (Lipinski definition) is 7. The number of ether oxygens (including phenoxy) is 1. The van der Waals surface area contributed by atoms with Crippen LogP contribution < -0.4 is 10.7 Å². The summed E-state index contributed by atoms with van der Waals surface area (Å²) in [5, 5.41) is 13.6. The molecule has 30 heavy (non-hydrogen) atoms. The molecule has 0 aliphatic carbocycles. The van der Waals surface area contributed by atoms with Crippen molar-refractivity contribution in [2.45, 2.75) is 0 Å². The van der Waals surface area contributed by atoms with Crippen LogP contribution in [0.2, 0.25) is 5.02 Å². The van der Waals surface area contributed by atoms with Crippen LogP contribution in [0.4, 0.5) is 5.69 Å². The molecule has 0 atom stereocenters. The quantitative estimate of drug-likeness (QED) is 0.464. The Morgan fingerprint density at radius 1 is 1.20 bits per heavy atom. The highest BCUT2D eigenvalue weighted by atomic mass is 35.5. The highest BCUT2D eigenvalue weighted by Gasteiger charge is 2.34. The van der Waals surface area contributed by atoms with Gasteiger partial charge in [0.15, 0.2) is 5.43 Å². The van der Waals surface area contributed by atoms with Crippen molar-refractivity contribution < 1.29 is 19.4 Å². The minimum Gasteiger partial charge on any atom is -0.466 e. The van der Waals surface area contributed by atoms with E-state index in [0.29, 0.717) is 21.5 Å². The largest absolute Gasteiger partial charge is 0.466 e. The number of aliphatic hydroxyl groups excluding tert-OH is 1. The van der Waals surface area contributed by atoms with Crippen LogP contribution in [0.25, 0.3) is 20.2 Å². The number of β-amino-alcohol motifs (C(OH)–C–C–N with tert-alkyl or cyclic N) is 1. The molecule has 0 bridgehead atoms. The van der Waals surface area contributed by atoms with Crippen LogP contribution in [0.3, 0.4) is 0 Å². The third kappa shape index (κ3) is 3.54. The zero-order chi connectivity index (χ0) is 21.4. The van der Waals surface area contributed by atoms with Gasteiger partial charge in [-0.1, -0.05) is 11.6 Å². The van der Waals surface area contributed by atoms with Crippen LogP contribution in [0.15, 0.2) is 52.5 Å². The molecule has 154 valence electrons. The second kappa shape index (κ2) is 8.06. The molecule has 2 aromatic carbocycles. The smallest absolute Gasteiger partial charge is 0.337 e. The predicted molar refractivity (Wildman–Crippen MR) is 117 cm³/mol. The summed E-state index contributed by atoms with van der Waals surface area (Å²) in [6.45, 7) is -0.0820. The van der Waals surface area contributed by atoms with Crippen molar-refractivity contribution in [1.29, 1.82) is 0 Å². The van der Waals surface area contributed by atoms with Crippen molar-refractivity contribution in [2.75, 3.05) is 32.1 Å². The van der Waals surface area contributed by atoms with E-state index in [1.165, 1.54) is 23.3 Å². The zero-order valence-electron chi connectivity index (χ0n) is 15.9. The number of nitrogens with one attached hydrogen (secondary N) is 1. The first-order valence-corrected chi connectivity index (χ1v) is 10.3. The Hall–Kier alpha value is -2.94. The van der Waals surface area contributed by atoms with Gasteiger partial charge >= 0.3 is 5.97 Å². The average molecular weight is 445 g/mol. The Kier molecular flexibility index (Phi) is 5.46. The van der Waals surface area contributed by atoms with Crippen LogP contribution in [-0.4, -0.2) is 48.7 Å². The first-order chi connectivity index (χ1) is 14.4. The van der Waals surface area contributed by atoms with E-state index in [1.807, 2.05) is 6.07 Å². The van der Waals surface area contributed by atoms with E-state index in [2.05, 4.69) is 5.32 Å². The lowest BCUT2D eigenvalue weighted by Crippen LogP contribution is -2.31. The molecule has 0 spiro atoms. The molecule has 1 aliphatic rings. The molecule has 0 unspecified atom stereocenters. The fourth-order valence-electron chi connectivity index (χ4n) is 3.40. The summed E-state index contributed by atoms with van der Waals surface area (Å²) in [5.74, 6) is -1.04. The normalized spacial score (nSPS) is 14.1. The fraction of sp³-hybridized carbons (Fsp3) is 0.190. The number of anilines is 1. The summed E-state index contributed by atoms with van der Waals surface area (Å²) in [6.07, 6.45) is 0. The van der Waals surface area contributed by atoms with Gasteiger partial charge in [0.25, 0.3) is 5.91 Å². The van der Waals surface area contributed by atoms with Crippen LogP contribution >= 0.6 is 22.9 Å². The summed E-state index contributed by atoms with van der Waals surface area (Å²) in [7, 11) is 1.24. The Morgan fingerprint density at radius 3 is 2.60 bits per heavy atom. The number of carbonyl (C=O) groups is 2. The van der Waals surface area contributed by atoms with E-state index in [-0.39, 0.29) is 36.4 Å². The zero-order valence-corrected chi connectivity index (χ0v) is 17.5. The van der Waals surface area contributed by atoms with Gasteiger partial charge in [-0.25, -0.2) is 4.79 Å². The molecule has 0 radical (unpaired) electrons. The molecule has 7 nitrogen and oxygen atoms in total. The minimum absolute atomic E-state index is 0.0417. The maximum atomic E-state index is 13.0. The first-order valence-electron chi connectivity index (χ1n) is 9.07. The lowest BCUT2D eigenvalue weighted by Gasteiger charge is -2.15. The number of benzene rings is 2. The van der Waals surface area contributed by atoms with Crippen LogP contribution in [-0.2, 0) is 14.3 Å². The van der Waals surface area contributed by atoms with Gasteiger partial charge in [0, 0.05) is 37.4 Å². The molecule has 0 saturated carbocycles. The first kappa shape index (κ1) is 20.3. The molecule has 2 heterocycles. The number of nitrogens with zero attached hydrogens (tertiary/aromatic N) is 1. The molecule has 0 saturated heterocycles. The Labute approximate surface area is 180 Å². The Bertz CT molecular complexity index is 1280. The number of halogens is 1. The van der Waals surface area contributed by atoms with E-state index in [0.717, 1.165) is 9.40 Å². The topological polar surface area (TPSA) is 95.9 Å². The SMILES string of the molecule is COC(=O)C1=C(Nc2ccc3sc4ccc(Cl)cc4c(=O)c3c2)C(=O)N(CCO)C1. The fourth-order valence-corrected chi connectivity index (χ4v) is 4.60. The van der Waals surface area contributed by atoms with Crippen LogP contribution in [0, 0.1) is 0 Å². The lowest BCUT2D eigenvalue weighted by molar-refractivity contribution is -0.136. The summed E-state index contributed by atoms with van der Waals surface area (Å²) in [4.78, 5) is 39.2. The number of amides is 1. The van der Waals surface area contributed by atoms with Crippen LogP contribution in [0.1, 0.15) is 0 Å². The second-order valence-electron chi connectivity index (χ2n) is 6.70. The Balaban J connectivity index is 1.78. The number of carbonyl (C=O) groups excluding carboxylic acids is 2. The average Bonchev–Trinajstić information content (AvgIpc) is 3.04. The van der Waals surface area contributed by atoms with Crippen molar-refractivity contribution in [3.63, 3.8) is 0 Å². The summed E-state index contributed by atoms with van der Waals surface area (Å²) in [6, 6.07) is 10.4. The van der Waals surface area contributed by atoms with Crippen molar-refractivity contribution in [3.05, 3.63) is 62.9 Å². The molecule has 9 heteroatoms. The standard InChI is InChI=1S/C21H17ClN2O5S/c1-29-21(28)15-10-24(6-7-25)20(27)18(15)23-12-3-5-17-14(9-12)19(26)13-8-11(22)2-4-16(13)30-17/h2-5,8-9,23,25H,6-7,10H2,1H3. The van der Waals surface area contributed by atoms with E-state index >= 15 is 0 Å². The van der Waals surface area contributed by atoms with E-state index in [9.17, 15) is 14.4 Å². The molecular formula is C21H17ClN2O5S. The third-order valence-corrected chi connectivity index (χ3v) is 6.24. The van der Waals surface area contributed by atoms with Gasteiger partial charge in [-0.3, -0.25) is 9.59 Å². The van der Waals surface area contributed by atoms with Crippen molar-refractivity contribution >= 4 is 60.7 Å². The summed E-state index contributed by atoms with van der Waals surface area (Å²) >= 11 is 7.51. The maximum Gasteiger partial charge on any atom is 0.337 e. The monoisotopic (exact) mass is 444 g/mol.